The van der Waals surface area contributed by atoms with Gasteiger partial charge in [-0.25, -0.2) is 4.79 Å². The SMILES string of the molecule is O=C(CN1CNC2CCC(N3CCN(Cc4ccoc4C(=O)O)CC3)CC2C1=O)NCc1ccc(Cl)c(Cl)c1. The molecule has 5 rings (SSSR count). The first kappa shape index (κ1) is 27.9. The van der Waals surface area contributed by atoms with E-state index in [4.69, 9.17) is 27.6 Å². The van der Waals surface area contributed by atoms with Gasteiger partial charge in [-0.3, -0.25) is 24.7 Å². The molecule has 0 spiro atoms. The maximum Gasteiger partial charge on any atom is 0.372 e. The van der Waals surface area contributed by atoms with Crippen LogP contribution in [0.5, 0.6) is 0 Å². The molecule has 1 aliphatic carbocycles. The number of benzene rings is 1. The lowest BCUT2D eigenvalue weighted by Crippen LogP contribution is -2.62. The summed E-state index contributed by atoms with van der Waals surface area (Å²) in [6, 6.07) is 7.39. The molecule has 2 saturated heterocycles. The number of furan rings is 1. The van der Waals surface area contributed by atoms with Crippen molar-refractivity contribution >= 4 is 41.0 Å². The van der Waals surface area contributed by atoms with Crippen molar-refractivity contribution in [3.63, 3.8) is 0 Å². The number of fused-ring (bicyclic) bond motifs is 1. The van der Waals surface area contributed by atoms with Crippen molar-refractivity contribution < 1.29 is 23.9 Å². The minimum Gasteiger partial charge on any atom is -0.475 e. The van der Waals surface area contributed by atoms with Gasteiger partial charge in [0.15, 0.2) is 0 Å². The first-order valence-electron chi connectivity index (χ1n) is 13.3. The Kier molecular flexibility index (Phi) is 8.78. The molecule has 3 heterocycles. The summed E-state index contributed by atoms with van der Waals surface area (Å²) in [5.41, 5.74) is 1.53. The standard InChI is InChI=1S/C27H33Cl2N5O5/c28-21-3-1-17(11-22(21)29)13-30-24(35)15-34-16-31-23-4-2-19(12-20(23)26(34)36)33-8-6-32(7-9-33)14-18-5-10-39-25(18)27(37)38/h1,3,5,10-11,19-20,23,31H,2,4,6-9,12-16H2,(H,30,35)(H,37,38). The normalized spacial score (nSPS) is 24.4. The van der Waals surface area contributed by atoms with Crippen molar-refractivity contribution in [2.75, 3.05) is 39.4 Å². The number of piperazine rings is 1. The van der Waals surface area contributed by atoms with Crippen LogP contribution in [0.15, 0.2) is 34.9 Å². The van der Waals surface area contributed by atoms with Crippen molar-refractivity contribution in [1.29, 1.82) is 0 Å². The van der Waals surface area contributed by atoms with Gasteiger partial charge in [0.2, 0.25) is 17.6 Å². The molecule has 3 unspecified atom stereocenters. The Hall–Kier alpha value is -2.63. The maximum absolute atomic E-state index is 13.4. The maximum atomic E-state index is 13.4. The van der Waals surface area contributed by atoms with Crippen molar-refractivity contribution in [3.05, 3.63) is 57.5 Å². The van der Waals surface area contributed by atoms with Gasteiger partial charge in [-0.15, -0.1) is 0 Å². The van der Waals surface area contributed by atoms with Crippen molar-refractivity contribution in [2.45, 2.75) is 44.4 Å². The van der Waals surface area contributed by atoms with Crippen LogP contribution in [0.25, 0.3) is 0 Å². The highest BCUT2D eigenvalue weighted by Gasteiger charge is 2.42. The summed E-state index contributed by atoms with van der Waals surface area (Å²) in [6.45, 7) is 4.62. The summed E-state index contributed by atoms with van der Waals surface area (Å²) >= 11 is 12.0. The van der Waals surface area contributed by atoms with Crippen molar-refractivity contribution in [1.82, 2.24) is 25.3 Å². The number of carbonyl (C=O) groups is 3. The molecule has 12 heteroatoms. The van der Waals surface area contributed by atoms with Gasteiger partial charge in [0, 0.05) is 56.9 Å². The molecule has 1 saturated carbocycles. The van der Waals surface area contributed by atoms with Crippen LogP contribution in [0.2, 0.25) is 10.0 Å². The number of amides is 2. The van der Waals surface area contributed by atoms with Crippen LogP contribution in [0, 0.1) is 5.92 Å². The van der Waals surface area contributed by atoms with E-state index >= 15 is 0 Å². The number of hydrogen-bond acceptors (Lipinski definition) is 7. The Bertz CT molecular complexity index is 1210. The molecule has 1 aromatic carbocycles. The second kappa shape index (κ2) is 12.3. The van der Waals surface area contributed by atoms with Gasteiger partial charge >= 0.3 is 5.97 Å². The molecule has 2 aliphatic heterocycles. The summed E-state index contributed by atoms with van der Waals surface area (Å²) in [7, 11) is 0. The zero-order valence-corrected chi connectivity index (χ0v) is 23.1. The monoisotopic (exact) mass is 577 g/mol. The number of carboxylic acid groups (broad SMARTS) is 1. The predicted octanol–water partition coefficient (Wildman–Crippen LogP) is 2.65. The molecule has 0 radical (unpaired) electrons. The zero-order valence-electron chi connectivity index (χ0n) is 21.6. The molecule has 3 N–H and O–H groups in total. The summed E-state index contributed by atoms with van der Waals surface area (Å²) in [5, 5.41) is 16.5. The Balaban J connectivity index is 1.10. The second-order valence-electron chi connectivity index (χ2n) is 10.5. The number of halogens is 2. The molecule has 1 aromatic heterocycles. The van der Waals surface area contributed by atoms with E-state index in [0.29, 0.717) is 41.4 Å². The second-order valence-corrected chi connectivity index (χ2v) is 11.3. The van der Waals surface area contributed by atoms with Crippen LogP contribution in [0.3, 0.4) is 0 Å². The molecular formula is C27H33Cl2N5O5. The fourth-order valence-corrected chi connectivity index (χ4v) is 6.25. The molecule has 2 aromatic rings. The fraction of sp³-hybridized carbons (Fsp3) is 0.519. The topological polar surface area (TPSA) is 118 Å². The third-order valence-corrected chi connectivity index (χ3v) is 8.80. The molecule has 0 bridgehead atoms. The highest BCUT2D eigenvalue weighted by molar-refractivity contribution is 6.42. The van der Waals surface area contributed by atoms with E-state index in [0.717, 1.165) is 51.0 Å². The van der Waals surface area contributed by atoms with Crippen LogP contribution in [-0.2, 0) is 22.7 Å². The highest BCUT2D eigenvalue weighted by Crippen LogP contribution is 2.32. The minimum absolute atomic E-state index is 0.00601. The van der Waals surface area contributed by atoms with E-state index in [9.17, 15) is 19.5 Å². The van der Waals surface area contributed by atoms with E-state index in [1.807, 2.05) is 0 Å². The van der Waals surface area contributed by atoms with Crippen molar-refractivity contribution in [2.24, 2.45) is 5.92 Å². The Morgan fingerprint density at radius 1 is 1.10 bits per heavy atom. The Morgan fingerprint density at radius 3 is 2.64 bits per heavy atom. The van der Waals surface area contributed by atoms with E-state index in [-0.39, 0.29) is 36.1 Å². The van der Waals surface area contributed by atoms with Gasteiger partial charge in [0.1, 0.15) is 6.54 Å². The van der Waals surface area contributed by atoms with Gasteiger partial charge in [-0.1, -0.05) is 29.3 Å². The summed E-state index contributed by atoms with van der Waals surface area (Å²) in [4.78, 5) is 43.6. The third-order valence-electron chi connectivity index (χ3n) is 8.06. The molecule has 39 heavy (non-hydrogen) atoms. The summed E-state index contributed by atoms with van der Waals surface area (Å²) in [5.74, 6) is -1.38. The molecule has 3 aliphatic rings. The van der Waals surface area contributed by atoms with Gasteiger partial charge in [0.25, 0.3) is 0 Å². The smallest absolute Gasteiger partial charge is 0.372 e. The van der Waals surface area contributed by atoms with E-state index in [1.54, 1.807) is 29.2 Å². The van der Waals surface area contributed by atoms with E-state index < -0.39 is 5.97 Å². The molecular weight excluding hydrogens is 545 g/mol. The van der Waals surface area contributed by atoms with Crippen LogP contribution in [0.4, 0.5) is 0 Å². The van der Waals surface area contributed by atoms with Crippen LogP contribution < -0.4 is 10.6 Å². The summed E-state index contributed by atoms with van der Waals surface area (Å²) in [6.07, 6.45) is 4.14. The van der Waals surface area contributed by atoms with Gasteiger partial charge in [-0.2, -0.15) is 0 Å². The molecule has 2 amide bonds. The van der Waals surface area contributed by atoms with Gasteiger partial charge in [0.05, 0.1) is 28.9 Å². The Labute approximate surface area is 237 Å². The van der Waals surface area contributed by atoms with Gasteiger partial charge in [-0.05, 0) is 43.0 Å². The van der Waals surface area contributed by atoms with Crippen LogP contribution in [-0.4, -0.2) is 89.1 Å². The van der Waals surface area contributed by atoms with Crippen molar-refractivity contribution in [3.8, 4) is 0 Å². The molecule has 10 nitrogen and oxygen atoms in total. The molecule has 3 atom stereocenters. The highest BCUT2D eigenvalue weighted by atomic mass is 35.5. The molecule has 210 valence electrons. The molecule has 3 fully saturated rings. The van der Waals surface area contributed by atoms with Crippen LogP contribution >= 0.6 is 23.2 Å². The number of hydrogen-bond donors (Lipinski definition) is 3. The zero-order chi connectivity index (χ0) is 27.5. The lowest BCUT2D eigenvalue weighted by atomic mass is 9.79. The number of aromatic carboxylic acids is 1. The quantitative estimate of drug-likeness (QED) is 0.438. The average Bonchev–Trinajstić information content (AvgIpc) is 3.40. The first-order chi connectivity index (χ1) is 18.8. The van der Waals surface area contributed by atoms with Crippen LogP contribution in [0.1, 0.15) is 40.9 Å². The average molecular weight is 578 g/mol. The lowest BCUT2D eigenvalue weighted by molar-refractivity contribution is -0.146. The van der Waals surface area contributed by atoms with E-state index in [2.05, 4.69) is 20.4 Å². The number of nitrogens with zero attached hydrogens (tertiary/aromatic N) is 3. The fourth-order valence-electron chi connectivity index (χ4n) is 5.93. The van der Waals surface area contributed by atoms with E-state index in [1.165, 1.54) is 6.26 Å². The Morgan fingerprint density at radius 2 is 1.90 bits per heavy atom. The first-order valence-corrected chi connectivity index (χ1v) is 14.0. The largest absolute Gasteiger partial charge is 0.475 e. The third kappa shape index (κ3) is 6.58. The number of nitrogens with one attached hydrogen (secondary N) is 2. The summed E-state index contributed by atoms with van der Waals surface area (Å²) < 4.78 is 5.11. The number of rotatable bonds is 8. The number of carbonyl (C=O) groups excluding carboxylic acids is 2. The number of carboxylic acids is 1. The lowest BCUT2D eigenvalue weighted by Gasteiger charge is -2.47. The van der Waals surface area contributed by atoms with Gasteiger partial charge < -0.3 is 19.7 Å². The minimum atomic E-state index is -1.05. The predicted molar refractivity (Wildman–Crippen MR) is 145 cm³/mol.